The smallest absolute Gasteiger partial charge is 0.0300 e. The van der Waals surface area contributed by atoms with Gasteiger partial charge in [-0.3, -0.25) is 0 Å². The molecule has 1 aromatic carbocycles. The van der Waals surface area contributed by atoms with Gasteiger partial charge in [-0.05, 0) is 46.9 Å². The summed E-state index contributed by atoms with van der Waals surface area (Å²) in [5, 5.41) is 5.60. The molecule has 1 nitrogen and oxygen atoms in total. The van der Waals surface area contributed by atoms with Gasteiger partial charge in [-0.2, -0.15) is 0 Å². The van der Waals surface area contributed by atoms with Crippen LogP contribution in [-0.2, 0) is 13.0 Å². The second kappa shape index (κ2) is 6.94. The van der Waals surface area contributed by atoms with Gasteiger partial charge in [0.1, 0.15) is 0 Å². The molecule has 0 saturated carbocycles. The molecule has 2 aromatic rings. The van der Waals surface area contributed by atoms with E-state index in [0.29, 0.717) is 0 Å². The van der Waals surface area contributed by atoms with Gasteiger partial charge in [0.05, 0.1) is 0 Å². The Labute approximate surface area is 115 Å². The number of halogens is 1. The number of rotatable bonds is 6. The van der Waals surface area contributed by atoms with Gasteiger partial charge in [-0.1, -0.05) is 30.3 Å². The molecule has 17 heavy (non-hydrogen) atoms. The van der Waals surface area contributed by atoms with E-state index < -0.39 is 0 Å². The molecule has 1 heterocycles. The molecule has 90 valence electrons. The van der Waals surface area contributed by atoms with E-state index in [0.717, 1.165) is 19.5 Å². The summed E-state index contributed by atoms with van der Waals surface area (Å²) in [7, 11) is 0. The third-order valence-corrected chi connectivity index (χ3v) is 4.28. The minimum absolute atomic E-state index is 0.977. The average molecular weight is 310 g/mol. The predicted octanol–water partition coefficient (Wildman–Crippen LogP) is 4.23. The van der Waals surface area contributed by atoms with Crippen LogP contribution >= 0.6 is 27.3 Å². The molecule has 0 unspecified atom stereocenters. The van der Waals surface area contributed by atoms with Crippen molar-refractivity contribution in [1.82, 2.24) is 5.32 Å². The Morgan fingerprint density at radius 3 is 2.71 bits per heavy atom. The molecule has 0 aliphatic carbocycles. The lowest BCUT2D eigenvalue weighted by atomic mass is 10.1. The average Bonchev–Trinajstić information content (AvgIpc) is 2.76. The highest BCUT2D eigenvalue weighted by atomic mass is 79.9. The lowest BCUT2D eigenvalue weighted by molar-refractivity contribution is 0.654. The molecule has 0 aliphatic heterocycles. The zero-order chi connectivity index (χ0) is 11.9. The molecule has 3 heteroatoms. The second-order valence-corrected chi connectivity index (χ2v) is 5.91. The van der Waals surface area contributed by atoms with Crippen molar-refractivity contribution in [3.8, 4) is 0 Å². The first kappa shape index (κ1) is 12.8. The summed E-state index contributed by atoms with van der Waals surface area (Å²) in [5.74, 6) is 0. The maximum Gasteiger partial charge on any atom is 0.0300 e. The van der Waals surface area contributed by atoms with Crippen LogP contribution in [0.5, 0.6) is 0 Å². The number of aryl methyl sites for hydroxylation is 1. The molecule has 2 rings (SSSR count). The molecule has 0 aliphatic rings. The summed E-state index contributed by atoms with van der Waals surface area (Å²) in [6.45, 7) is 2.05. The first-order valence-corrected chi connectivity index (χ1v) is 7.49. The molecule has 1 N–H and O–H groups in total. The highest BCUT2D eigenvalue weighted by Crippen LogP contribution is 2.19. The van der Waals surface area contributed by atoms with Crippen molar-refractivity contribution in [3.63, 3.8) is 0 Å². The zero-order valence-electron chi connectivity index (χ0n) is 9.66. The molecule has 0 spiro atoms. The fourth-order valence-electron chi connectivity index (χ4n) is 1.72. The van der Waals surface area contributed by atoms with Crippen molar-refractivity contribution in [2.45, 2.75) is 19.4 Å². The van der Waals surface area contributed by atoms with E-state index >= 15 is 0 Å². The molecular weight excluding hydrogens is 294 g/mol. The van der Waals surface area contributed by atoms with E-state index in [1.54, 1.807) is 11.3 Å². The maximum atomic E-state index is 3.47. The number of nitrogens with one attached hydrogen (secondary N) is 1. The van der Waals surface area contributed by atoms with E-state index in [-0.39, 0.29) is 0 Å². The minimum Gasteiger partial charge on any atom is -0.312 e. The van der Waals surface area contributed by atoms with Crippen molar-refractivity contribution < 1.29 is 0 Å². The standard InChI is InChI=1S/C14H16BrNS/c15-13-9-14(17-11-13)10-16-8-4-7-12-5-2-1-3-6-12/h1-3,5-6,9,11,16H,4,7-8,10H2. The van der Waals surface area contributed by atoms with Crippen LogP contribution in [0.25, 0.3) is 0 Å². The van der Waals surface area contributed by atoms with E-state index in [9.17, 15) is 0 Å². The molecule has 0 saturated heterocycles. The Morgan fingerprint density at radius 2 is 2.00 bits per heavy atom. The third kappa shape index (κ3) is 4.62. The van der Waals surface area contributed by atoms with Crippen LogP contribution in [0.2, 0.25) is 0 Å². The van der Waals surface area contributed by atoms with Crippen LogP contribution < -0.4 is 5.32 Å². The van der Waals surface area contributed by atoms with Gasteiger partial charge in [0.25, 0.3) is 0 Å². The van der Waals surface area contributed by atoms with E-state index in [1.807, 2.05) is 0 Å². The predicted molar refractivity (Wildman–Crippen MR) is 78.5 cm³/mol. The molecular formula is C14H16BrNS. The number of hydrogen-bond acceptors (Lipinski definition) is 2. The molecule has 0 bridgehead atoms. The highest BCUT2D eigenvalue weighted by Gasteiger charge is 1.97. The van der Waals surface area contributed by atoms with Crippen LogP contribution in [-0.4, -0.2) is 6.54 Å². The van der Waals surface area contributed by atoms with E-state index in [2.05, 4.69) is 63.0 Å². The Hall–Kier alpha value is -0.640. The fourth-order valence-corrected chi connectivity index (χ4v) is 3.14. The Morgan fingerprint density at radius 1 is 1.18 bits per heavy atom. The topological polar surface area (TPSA) is 12.0 Å². The number of hydrogen-bond donors (Lipinski definition) is 1. The molecule has 0 amide bonds. The Balaban J connectivity index is 1.61. The SMILES string of the molecule is Brc1csc(CNCCCc2ccccc2)c1. The maximum absolute atomic E-state index is 3.47. The lowest BCUT2D eigenvalue weighted by Gasteiger charge is -2.03. The fraction of sp³-hybridized carbons (Fsp3) is 0.286. The van der Waals surface area contributed by atoms with Crippen LogP contribution in [0.4, 0.5) is 0 Å². The first-order valence-electron chi connectivity index (χ1n) is 5.82. The van der Waals surface area contributed by atoms with Crippen LogP contribution in [0, 0.1) is 0 Å². The summed E-state index contributed by atoms with van der Waals surface area (Å²) in [5.41, 5.74) is 1.42. The van der Waals surface area contributed by atoms with Crippen LogP contribution in [0.1, 0.15) is 16.9 Å². The molecule has 0 radical (unpaired) electrons. The number of thiophene rings is 1. The summed E-state index contributed by atoms with van der Waals surface area (Å²) in [6.07, 6.45) is 2.35. The number of benzene rings is 1. The van der Waals surface area contributed by atoms with Crippen LogP contribution in [0.15, 0.2) is 46.3 Å². The Bertz CT molecular complexity index is 438. The normalized spacial score (nSPS) is 10.6. The quantitative estimate of drug-likeness (QED) is 0.787. The summed E-state index contributed by atoms with van der Waals surface area (Å²) >= 11 is 5.26. The third-order valence-electron chi connectivity index (χ3n) is 2.58. The monoisotopic (exact) mass is 309 g/mol. The van der Waals surface area contributed by atoms with Gasteiger partial charge >= 0.3 is 0 Å². The molecule has 0 atom stereocenters. The van der Waals surface area contributed by atoms with Crippen molar-refractivity contribution >= 4 is 27.3 Å². The molecule has 0 fully saturated rings. The van der Waals surface area contributed by atoms with Gasteiger partial charge in [0.15, 0.2) is 0 Å². The first-order chi connectivity index (χ1) is 8.34. The van der Waals surface area contributed by atoms with Gasteiger partial charge in [0.2, 0.25) is 0 Å². The summed E-state index contributed by atoms with van der Waals surface area (Å²) < 4.78 is 1.18. The Kier molecular flexibility index (Phi) is 5.23. The summed E-state index contributed by atoms with van der Waals surface area (Å²) in [4.78, 5) is 1.39. The van der Waals surface area contributed by atoms with Crippen molar-refractivity contribution in [2.24, 2.45) is 0 Å². The largest absolute Gasteiger partial charge is 0.312 e. The van der Waals surface area contributed by atoms with Crippen LogP contribution in [0.3, 0.4) is 0 Å². The van der Waals surface area contributed by atoms with Crippen molar-refractivity contribution in [2.75, 3.05) is 6.54 Å². The molecule has 1 aromatic heterocycles. The lowest BCUT2D eigenvalue weighted by Crippen LogP contribution is -2.14. The van der Waals surface area contributed by atoms with E-state index in [1.165, 1.54) is 21.3 Å². The minimum atomic E-state index is 0.977. The van der Waals surface area contributed by atoms with Crippen molar-refractivity contribution in [3.05, 3.63) is 56.7 Å². The van der Waals surface area contributed by atoms with Gasteiger partial charge in [-0.25, -0.2) is 0 Å². The van der Waals surface area contributed by atoms with Gasteiger partial charge in [-0.15, -0.1) is 11.3 Å². The van der Waals surface area contributed by atoms with E-state index in [4.69, 9.17) is 0 Å². The van der Waals surface area contributed by atoms with Gasteiger partial charge in [0, 0.05) is 21.3 Å². The summed E-state index contributed by atoms with van der Waals surface area (Å²) in [6, 6.07) is 12.8. The zero-order valence-corrected chi connectivity index (χ0v) is 12.1. The van der Waals surface area contributed by atoms with Crippen molar-refractivity contribution in [1.29, 1.82) is 0 Å². The highest BCUT2D eigenvalue weighted by molar-refractivity contribution is 9.10. The second-order valence-electron chi connectivity index (χ2n) is 4.00. The van der Waals surface area contributed by atoms with Gasteiger partial charge < -0.3 is 5.32 Å².